The average Bonchev–Trinajstić information content (AvgIpc) is 2.95. The quantitative estimate of drug-likeness (QED) is 0.835. The van der Waals surface area contributed by atoms with Crippen molar-refractivity contribution in [3.05, 3.63) is 11.7 Å². The van der Waals surface area contributed by atoms with E-state index < -0.39 is 0 Å². The van der Waals surface area contributed by atoms with Crippen molar-refractivity contribution in [2.45, 2.75) is 31.8 Å². The Bertz CT molecular complexity index is 461. The van der Waals surface area contributed by atoms with Crippen LogP contribution in [0.25, 0.3) is 0 Å². The molecule has 1 aromatic heterocycles. The van der Waals surface area contributed by atoms with Gasteiger partial charge in [-0.1, -0.05) is 5.16 Å². The third-order valence-corrected chi connectivity index (χ3v) is 4.44. The minimum absolute atomic E-state index is 0.297. The molecular formula is C15H26N4O3. The van der Waals surface area contributed by atoms with Crippen molar-refractivity contribution in [2.75, 3.05) is 52.5 Å². The predicted octanol–water partition coefficient (Wildman–Crippen LogP) is 0.251. The van der Waals surface area contributed by atoms with Gasteiger partial charge in [0.2, 0.25) is 5.89 Å². The normalized spacial score (nSPS) is 26.2. The second-order valence-electron chi connectivity index (χ2n) is 6.35. The maximum absolute atomic E-state index is 10.3. The zero-order chi connectivity index (χ0) is 15.4. The second-order valence-corrected chi connectivity index (χ2v) is 6.35. The lowest BCUT2D eigenvalue weighted by molar-refractivity contribution is 0.00441. The summed E-state index contributed by atoms with van der Waals surface area (Å²) >= 11 is 0. The van der Waals surface area contributed by atoms with Crippen molar-refractivity contribution in [2.24, 2.45) is 0 Å². The molecule has 0 aromatic carbocycles. The lowest BCUT2D eigenvalue weighted by Gasteiger charge is -2.34. The van der Waals surface area contributed by atoms with E-state index in [1.807, 2.05) is 6.92 Å². The summed E-state index contributed by atoms with van der Waals surface area (Å²) in [5, 5.41) is 14.2. The molecule has 0 radical (unpaired) electrons. The van der Waals surface area contributed by atoms with Crippen molar-refractivity contribution in [3.8, 4) is 0 Å². The largest absolute Gasteiger partial charge is 0.390 e. The minimum atomic E-state index is -0.318. The molecular weight excluding hydrogens is 284 g/mol. The van der Waals surface area contributed by atoms with Crippen LogP contribution in [0.2, 0.25) is 0 Å². The Balaban J connectivity index is 1.47. The van der Waals surface area contributed by atoms with Crippen LogP contribution in [0.1, 0.15) is 30.5 Å². The first-order valence-electron chi connectivity index (χ1n) is 8.21. The lowest BCUT2D eigenvalue weighted by Crippen LogP contribution is -2.46. The second kappa shape index (κ2) is 7.50. The Hall–Kier alpha value is -1.02. The first-order chi connectivity index (χ1) is 10.7. The number of morpholine rings is 1. The summed E-state index contributed by atoms with van der Waals surface area (Å²) in [6.45, 7) is 8.59. The van der Waals surface area contributed by atoms with E-state index in [-0.39, 0.29) is 6.10 Å². The fraction of sp³-hybridized carbons (Fsp3) is 0.867. The molecule has 0 bridgehead atoms. The SMILES string of the molecule is Cc1noc(C2CCCN(CC(O)CN3CCOCC3)C2)n1. The van der Waals surface area contributed by atoms with E-state index in [4.69, 9.17) is 9.26 Å². The van der Waals surface area contributed by atoms with Crippen molar-refractivity contribution < 1.29 is 14.4 Å². The highest BCUT2D eigenvalue weighted by Crippen LogP contribution is 2.25. The Morgan fingerprint density at radius 3 is 2.73 bits per heavy atom. The first kappa shape index (κ1) is 15.9. The van der Waals surface area contributed by atoms with Gasteiger partial charge in [-0.05, 0) is 26.3 Å². The fourth-order valence-corrected chi connectivity index (χ4v) is 3.34. The predicted molar refractivity (Wildman–Crippen MR) is 80.7 cm³/mol. The van der Waals surface area contributed by atoms with E-state index in [1.165, 1.54) is 0 Å². The van der Waals surface area contributed by atoms with Gasteiger partial charge >= 0.3 is 0 Å². The van der Waals surface area contributed by atoms with Gasteiger partial charge in [0.15, 0.2) is 5.82 Å². The highest BCUT2D eigenvalue weighted by Gasteiger charge is 2.27. The number of piperidine rings is 1. The van der Waals surface area contributed by atoms with Gasteiger partial charge in [0.05, 0.1) is 25.2 Å². The number of hydrogen-bond acceptors (Lipinski definition) is 7. The van der Waals surface area contributed by atoms with Crippen molar-refractivity contribution >= 4 is 0 Å². The minimum Gasteiger partial charge on any atom is -0.390 e. The third-order valence-electron chi connectivity index (χ3n) is 4.44. The molecule has 0 aliphatic carbocycles. The average molecular weight is 310 g/mol. The maximum Gasteiger partial charge on any atom is 0.231 e. The summed E-state index contributed by atoms with van der Waals surface area (Å²) in [5.41, 5.74) is 0. The van der Waals surface area contributed by atoms with Crippen LogP contribution in [0.15, 0.2) is 4.52 Å². The molecule has 3 rings (SSSR count). The van der Waals surface area contributed by atoms with Crippen LogP contribution in [0, 0.1) is 6.92 Å². The van der Waals surface area contributed by atoms with Crippen LogP contribution in [0.3, 0.4) is 0 Å². The number of hydrogen-bond donors (Lipinski definition) is 1. The van der Waals surface area contributed by atoms with Crippen LogP contribution in [-0.2, 0) is 4.74 Å². The molecule has 3 heterocycles. The maximum atomic E-state index is 10.3. The van der Waals surface area contributed by atoms with Gasteiger partial charge in [-0.3, -0.25) is 9.80 Å². The zero-order valence-electron chi connectivity index (χ0n) is 13.3. The monoisotopic (exact) mass is 310 g/mol. The number of aliphatic hydroxyl groups excluding tert-OH is 1. The molecule has 0 amide bonds. The number of aliphatic hydroxyl groups is 1. The van der Waals surface area contributed by atoms with Crippen LogP contribution < -0.4 is 0 Å². The molecule has 7 nitrogen and oxygen atoms in total. The summed E-state index contributed by atoms with van der Waals surface area (Å²) in [6, 6.07) is 0. The van der Waals surface area contributed by atoms with E-state index in [1.54, 1.807) is 0 Å². The van der Waals surface area contributed by atoms with Gasteiger partial charge in [0.25, 0.3) is 0 Å². The van der Waals surface area contributed by atoms with Crippen LogP contribution in [-0.4, -0.2) is 83.6 Å². The third kappa shape index (κ3) is 4.25. The summed E-state index contributed by atoms with van der Waals surface area (Å²) in [4.78, 5) is 8.95. The molecule has 0 spiro atoms. The lowest BCUT2D eigenvalue weighted by atomic mass is 9.97. The van der Waals surface area contributed by atoms with E-state index in [0.717, 1.165) is 64.7 Å². The number of nitrogens with zero attached hydrogens (tertiary/aromatic N) is 4. The summed E-state index contributed by atoms with van der Waals surface area (Å²) in [6.07, 6.45) is 1.87. The fourth-order valence-electron chi connectivity index (χ4n) is 3.34. The molecule has 7 heteroatoms. The Morgan fingerprint density at radius 2 is 2.00 bits per heavy atom. The Labute approximate surface area is 131 Å². The number of aryl methyl sites for hydroxylation is 1. The van der Waals surface area contributed by atoms with Gasteiger partial charge in [0, 0.05) is 32.7 Å². The first-order valence-corrected chi connectivity index (χ1v) is 8.21. The summed E-state index contributed by atoms with van der Waals surface area (Å²) in [7, 11) is 0. The van der Waals surface area contributed by atoms with Gasteiger partial charge in [0.1, 0.15) is 0 Å². The van der Waals surface area contributed by atoms with Gasteiger partial charge < -0.3 is 14.4 Å². The topological polar surface area (TPSA) is 74.9 Å². The molecule has 2 unspecified atom stereocenters. The number of β-amino-alcohol motifs (C(OH)–C–C–N with tert-alkyl or cyclic N) is 1. The number of likely N-dealkylation sites (tertiary alicyclic amines) is 1. The van der Waals surface area contributed by atoms with Gasteiger partial charge in [-0.25, -0.2) is 0 Å². The molecule has 2 aliphatic rings. The van der Waals surface area contributed by atoms with Gasteiger partial charge in [-0.15, -0.1) is 0 Å². The molecule has 2 saturated heterocycles. The summed E-state index contributed by atoms with van der Waals surface area (Å²) in [5.74, 6) is 1.73. The standard InChI is InChI=1S/C15H26N4O3/c1-12-16-15(22-17-12)13-3-2-4-19(9-13)11-14(20)10-18-5-7-21-8-6-18/h13-14,20H,2-11H2,1H3. The smallest absolute Gasteiger partial charge is 0.231 e. The van der Waals surface area contributed by atoms with Crippen molar-refractivity contribution in [3.63, 3.8) is 0 Å². The van der Waals surface area contributed by atoms with E-state index >= 15 is 0 Å². The number of aromatic nitrogens is 2. The number of ether oxygens (including phenoxy) is 1. The van der Waals surface area contributed by atoms with Crippen molar-refractivity contribution in [1.82, 2.24) is 19.9 Å². The molecule has 2 fully saturated rings. The Kier molecular flexibility index (Phi) is 5.41. The molecule has 2 aliphatic heterocycles. The van der Waals surface area contributed by atoms with Crippen LogP contribution >= 0.6 is 0 Å². The zero-order valence-corrected chi connectivity index (χ0v) is 13.3. The molecule has 124 valence electrons. The molecule has 1 aromatic rings. The van der Waals surface area contributed by atoms with Crippen molar-refractivity contribution in [1.29, 1.82) is 0 Å². The van der Waals surface area contributed by atoms with E-state index in [9.17, 15) is 5.11 Å². The van der Waals surface area contributed by atoms with Gasteiger partial charge in [-0.2, -0.15) is 4.98 Å². The highest BCUT2D eigenvalue weighted by molar-refractivity contribution is 4.96. The summed E-state index contributed by atoms with van der Waals surface area (Å²) < 4.78 is 10.6. The van der Waals surface area contributed by atoms with E-state index in [0.29, 0.717) is 18.3 Å². The molecule has 22 heavy (non-hydrogen) atoms. The van der Waals surface area contributed by atoms with Crippen LogP contribution in [0.4, 0.5) is 0 Å². The molecule has 1 N–H and O–H groups in total. The van der Waals surface area contributed by atoms with E-state index in [2.05, 4.69) is 19.9 Å². The number of rotatable bonds is 5. The molecule has 2 atom stereocenters. The molecule has 0 saturated carbocycles. The Morgan fingerprint density at radius 1 is 1.23 bits per heavy atom. The van der Waals surface area contributed by atoms with Crippen LogP contribution in [0.5, 0.6) is 0 Å². The highest BCUT2D eigenvalue weighted by atomic mass is 16.5.